The highest BCUT2D eigenvalue weighted by molar-refractivity contribution is 7.98. The second-order valence-corrected chi connectivity index (χ2v) is 6.37. The molecule has 0 bridgehead atoms. The molecule has 1 aromatic carbocycles. The molecule has 18 heavy (non-hydrogen) atoms. The zero-order chi connectivity index (χ0) is 12.8. The van der Waals surface area contributed by atoms with Crippen LogP contribution in [0.2, 0.25) is 0 Å². The quantitative estimate of drug-likeness (QED) is 0.706. The van der Waals surface area contributed by atoms with Gasteiger partial charge in [0, 0.05) is 6.04 Å². The maximum atomic E-state index is 3.77. The first-order valence-corrected chi connectivity index (χ1v) is 8.49. The van der Waals surface area contributed by atoms with Crippen LogP contribution < -0.4 is 5.32 Å². The molecule has 0 aromatic heterocycles. The monoisotopic (exact) mass is 263 g/mol. The van der Waals surface area contributed by atoms with Gasteiger partial charge in [0.15, 0.2) is 0 Å². The third-order valence-corrected chi connectivity index (χ3v) is 4.37. The minimum absolute atomic E-state index is 0.597. The van der Waals surface area contributed by atoms with E-state index in [1.54, 1.807) is 0 Å². The van der Waals surface area contributed by atoms with Crippen LogP contribution in [0.4, 0.5) is 0 Å². The van der Waals surface area contributed by atoms with Gasteiger partial charge in [0.25, 0.3) is 0 Å². The Morgan fingerprint density at radius 2 is 1.94 bits per heavy atom. The summed E-state index contributed by atoms with van der Waals surface area (Å²) >= 11 is 1.95. The summed E-state index contributed by atoms with van der Waals surface area (Å²) in [7, 11) is 0. The maximum Gasteiger partial charge on any atom is 0.0348 e. The van der Waals surface area contributed by atoms with Crippen molar-refractivity contribution in [3.63, 3.8) is 0 Å². The van der Waals surface area contributed by atoms with Gasteiger partial charge in [-0.25, -0.2) is 0 Å². The molecule has 1 saturated carbocycles. The average Bonchev–Trinajstić information content (AvgIpc) is 3.20. The van der Waals surface area contributed by atoms with Gasteiger partial charge in [-0.2, -0.15) is 11.8 Å². The fourth-order valence-electron chi connectivity index (χ4n) is 2.39. The van der Waals surface area contributed by atoms with Gasteiger partial charge in [-0.15, -0.1) is 0 Å². The summed E-state index contributed by atoms with van der Waals surface area (Å²) in [5.74, 6) is 2.17. The second-order valence-electron chi connectivity index (χ2n) is 5.38. The predicted molar refractivity (Wildman–Crippen MR) is 82.3 cm³/mol. The van der Waals surface area contributed by atoms with Crippen molar-refractivity contribution < 1.29 is 0 Å². The molecule has 1 unspecified atom stereocenters. The highest BCUT2D eigenvalue weighted by Crippen LogP contribution is 2.40. The van der Waals surface area contributed by atoms with E-state index in [1.165, 1.54) is 42.6 Å². The van der Waals surface area contributed by atoms with E-state index in [0.717, 1.165) is 12.5 Å². The van der Waals surface area contributed by atoms with Crippen molar-refractivity contribution in [3.05, 3.63) is 35.4 Å². The average molecular weight is 263 g/mol. The smallest absolute Gasteiger partial charge is 0.0348 e. The van der Waals surface area contributed by atoms with E-state index in [9.17, 15) is 0 Å². The molecular formula is C16H25NS. The highest BCUT2D eigenvalue weighted by atomic mass is 32.2. The molecule has 0 amide bonds. The van der Waals surface area contributed by atoms with Gasteiger partial charge in [-0.05, 0) is 62.6 Å². The Hall–Kier alpha value is -0.470. The second kappa shape index (κ2) is 7.20. The summed E-state index contributed by atoms with van der Waals surface area (Å²) < 4.78 is 0. The molecule has 1 aromatic rings. The van der Waals surface area contributed by atoms with Crippen molar-refractivity contribution in [1.82, 2.24) is 5.32 Å². The molecule has 2 rings (SSSR count). The summed E-state index contributed by atoms with van der Waals surface area (Å²) in [5.41, 5.74) is 2.83. The van der Waals surface area contributed by atoms with Gasteiger partial charge in [0.05, 0.1) is 0 Å². The van der Waals surface area contributed by atoms with Crippen molar-refractivity contribution in [3.8, 4) is 0 Å². The van der Waals surface area contributed by atoms with Crippen LogP contribution in [0.1, 0.15) is 42.9 Å². The Labute approximate surface area is 116 Å². The van der Waals surface area contributed by atoms with E-state index in [1.807, 2.05) is 11.8 Å². The summed E-state index contributed by atoms with van der Waals surface area (Å²) in [5, 5.41) is 3.77. The Morgan fingerprint density at radius 1 is 1.22 bits per heavy atom. The minimum atomic E-state index is 0.597. The summed E-state index contributed by atoms with van der Waals surface area (Å²) in [6.45, 7) is 3.32. The Morgan fingerprint density at radius 3 is 2.56 bits per heavy atom. The van der Waals surface area contributed by atoms with Gasteiger partial charge < -0.3 is 5.32 Å². The number of rotatable bonds is 8. The number of aryl methyl sites for hydroxylation is 1. The number of unbranched alkanes of at least 4 members (excludes halogenated alkanes) is 1. The van der Waals surface area contributed by atoms with E-state index < -0.39 is 0 Å². The molecule has 0 spiro atoms. The molecule has 2 heteroatoms. The van der Waals surface area contributed by atoms with Crippen LogP contribution in [-0.4, -0.2) is 18.6 Å². The van der Waals surface area contributed by atoms with Gasteiger partial charge in [0.1, 0.15) is 0 Å². The van der Waals surface area contributed by atoms with Crippen LogP contribution in [0.3, 0.4) is 0 Å². The minimum Gasteiger partial charge on any atom is -0.310 e. The lowest BCUT2D eigenvalue weighted by Gasteiger charge is -2.19. The molecule has 0 saturated heterocycles. The first kappa shape index (κ1) is 14.0. The Kier molecular flexibility index (Phi) is 5.58. The molecule has 1 N–H and O–H groups in total. The van der Waals surface area contributed by atoms with Crippen molar-refractivity contribution in [2.45, 2.75) is 38.6 Å². The summed E-state index contributed by atoms with van der Waals surface area (Å²) in [4.78, 5) is 0. The lowest BCUT2D eigenvalue weighted by molar-refractivity contribution is 0.474. The number of hydrogen-bond donors (Lipinski definition) is 1. The molecule has 0 heterocycles. The van der Waals surface area contributed by atoms with Gasteiger partial charge in [0.2, 0.25) is 0 Å². The standard InChI is InChI=1S/C16H25NS/c1-13-5-7-14(8-6-13)16(15-9-10-15)17-11-3-4-12-18-2/h5-8,15-17H,3-4,9-12H2,1-2H3. The van der Waals surface area contributed by atoms with E-state index >= 15 is 0 Å². The lowest BCUT2D eigenvalue weighted by atomic mass is 10.0. The number of benzene rings is 1. The predicted octanol–water partition coefficient (Wildman–Crippen LogP) is 4.18. The lowest BCUT2D eigenvalue weighted by Crippen LogP contribution is -2.24. The third kappa shape index (κ3) is 4.33. The van der Waals surface area contributed by atoms with Crippen molar-refractivity contribution in [2.24, 2.45) is 5.92 Å². The Bertz CT molecular complexity index is 343. The molecular weight excluding hydrogens is 238 g/mol. The molecule has 1 nitrogen and oxygen atoms in total. The van der Waals surface area contributed by atoms with Crippen LogP contribution in [0.5, 0.6) is 0 Å². The van der Waals surface area contributed by atoms with Crippen LogP contribution in [-0.2, 0) is 0 Å². The molecule has 1 fully saturated rings. The first-order chi connectivity index (χ1) is 8.81. The van der Waals surface area contributed by atoms with Gasteiger partial charge >= 0.3 is 0 Å². The van der Waals surface area contributed by atoms with Crippen LogP contribution in [0, 0.1) is 12.8 Å². The molecule has 1 aliphatic carbocycles. The van der Waals surface area contributed by atoms with Crippen LogP contribution >= 0.6 is 11.8 Å². The number of nitrogens with one attached hydrogen (secondary N) is 1. The van der Waals surface area contributed by atoms with E-state index in [4.69, 9.17) is 0 Å². The van der Waals surface area contributed by atoms with E-state index in [0.29, 0.717) is 6.04 Å². The maximum absolute atomic E-state index is 3.77. The first-order valence-electron chi connectivity index (χ1n) is 7.10. The third-order valence-electron chi connectivity index (χ3n) is 3.67. The van der Waals surface area contributed by atoms with Crippen molar-refractivity contribution >= 4 is 11.8 Å². The van der Waals surface area contributed by atoms with E-state index in [-0.39, 0.29) is 0 Å². The zero-order valence-corrected chi connectivity index (χ0v) is 12.4. The summed E-state index contributed by atoms with van der Waals surface area (Å²) in [6, 6.07) is 9.67. The SMILES string of the molecule is CSCCCCNC(c1ccc(C)cc1)C1CC1. The molecule has 0 aliphatic heterocycles. The van der Waals surface area contributed by atoms with Crippen molar-refractivity contribution in [2.75, 3.05) is 18.6 Å². The fourth-order valence-corrected chi connectivity index (χ4v) is 2.88. The topological polar surface area (TPSA) is 12.0 Å². The highest BCUT2D eigenvalue weighted by Gasteiger charge is 2.31. The molecule has 1 atom stereocenters. The van der Waals surface area contributed by atoms with E-state index in [2.05, 4.69) is 42.8 Å². The summed E-state index contributed by atoms with van der Waals surface area (Å²) in [6.07, 6.45) is 7.62. The van der Waals surface area contributed by atoms with Crippen LogP contribution in [0.25, 0.3) is 0 Å². The normalized spacial score (nSPS) is 16.8. The fraction of sp³-hybridized carbons (Fsp3) is 0.625. The molecule has 1 aliphatic rings. The Balaban J connectivity index is 1.82. The number of thioether (sulfide) groups is 1. The van der Waals surface area contributed by atoms with Crippen LogP contribution in [0.15, 0.2) is 24.3 Å². The van der Waals surface area contributed by atoms with Gasteiger partial charge in [-0.3, -0.25) is 0 Å². The largest absolute Gasteiger partial charge is 0.310 e. The number of hydrogen-bond acceptors (Lipinski definition) is 2. The molecule has 100 valence electrons. The molecule has 0 radical (unpaired) electrons. The zero-order valence-electron chi connectivity index (χ0n) is 11.6. The van der Waals surface area contributed by atoms with Crippen molar-refractivity contribution in [1.29, 1.82) is 0 Å². The van der Waals surface area contributed by atoms with Gasteiger partial charge in [-0.1, -0.05) is 29.8 Å².